The maximum absolute atomic E-state index is 16.1. The Bertz CT molecular complexity index is 1370. The molecule has 0 spiro atoms. The fourth-order valence-electron chi connectivity index (χ4n) is 4.17. The van der Waals surface area contributed by atoms with Crippen molar-refractivity contribution >= 4 is 28.8 Å². The number of aliphatic hydroxyl groups is 3. The van der Waals surface area contributed by atoms with Gasteiger partial charge in [-0.2, -0.15) is 4.39 Å². The highest BCUT2D eigenvalue weighted by atomic mass is 19.1. The summed E-state index contributed by atoms with van der Waals surface area (Å²) in [7, 11) is 0. The lowest BCUT2D eigenvalue weighted by atomic mass is 9.85. The molecule has 2 aromatic rings. The molecule has 3 rings (SSSR count). The molecule has 2 heterocycles. The van der Waals surface area contributed by atoms with Crippen molar-refractivity contribution in [3.05, 3.63) is 39.8 Å². The van der Waals surface area contributed by atoms with Crippen LogP contribution >= 0.6 is 0 Å². The summed E-state index contributed by atoms with van der Waals surface area (Å²) in [6, 6.07) is -2.39. The molecule has 0 aliphatic carbocycles. The van der Waals surface area contributed by atoms with Crippen LogP contribution < -0.4 is 27.1 Å². The number of nitrogens with zero attached hydrogens (tertiary/aromatic N) is 1. The monoisotopic (exact) mass is 562 g/mol. The third kappa shape index (κ3) is 5.47. The first kappa shape index (κ1) is 29.6. The molecule has 39 heavy (non-hydrogen) atoms. The number of ether oxygens (including phenoxy) is 2. The van der Waals surface area contributed by atoms with Gasteiger partial charge in [0.05, 0.1) is 12.6 Å². The molecule has 1 saturated heterocycles. The van der Waals surface area contributed by atoms with Crippen LogP contribution in [-0.2, 0) is 14.3 Å². The number of alkyl halides is 1. The van der Waals surface area contributed by atoms with E-state index in [0.29, 0.717) is 6.07 Å². The van der Waals surface area contributed by atoms with E-state index in [4.69, 9.17) is 25.4 Å². The van der Waals surface area contributed by atoms with Gasteiger partial charge in [-0.1, -0.05) is 0 Å². The maximum atomic E-state index is 16.1. The number of hydrogen-bond donors (Lipinski definition) is 7. The molecule has 0 saturated carbocycles. The van der Waals surface area contributed by atoms with Crippen molar-refractivity contribution < 1.29 is 57.1 Å². The Kier molecular flexibility index (Phi) is 8.39. The molecule has 1 unspecified atom stereocenters. The van der Waals surface area contributed by atoms with Crippen LogP contribution in [0.25, 0.3) is 11.0 Å². The summed E-state index contributed by atoms with van der Waals surface area (Å²) < 4.78 is 61.5. The molecule has 1 amide bonds. The van der Waals surface area contributed by atoms with Crippen molar-refractivity contribution in [1.82, 2.24) is 5.32 Å². The zero-order valence-electron chi connectivity index (χ0n) is 20.3. The topological polar surface area (TPSA) is 240 Å². The van der Waals surface area contributed by atoms with Crippen LogP contribution in [0.15, 0.2) is 26.3 Å². The smallest absolute Gasteiger partial charge is 0.380 e. The molecule has 9 N–H and O–H groups in total. The van der Waals surface area contributed by atoms with Gasteiger partial charge >= 0.3 is 17.4 Å². The zero-order chi connectivity index (χ0) is 29.4. The van der Waals surface area contributed by atoms with E-state index in [1.807, 2.05) is 0 Å². The SMILES string of the molecule is CC(=O)N[C@H]1[C@H]([C@H](O)[C@H](O)CO)O[C@@](Oc2c(F)cc3c(C)cc(=O)oc3c2F)(C(=O)O)C(F)[C@@H]1N=C(N)N. The van der Waals surface area contributed by atoms with Crippen molar-refractivity contribution in [2.24, 2.45) is 16.5 Å². The normalized spacial score (nSPS) is 26.5. The van der Waals surface area contributed by atoms with Crippen molar-refractivity contribution in [2.75, 3.05) is 6.61 Å². The van der Waals surface area contributed by atoms with Gasteiger partial charge in [0.1, 0.15) is 24.4 Å². The Morgan fingerprint density at radius 2 is 1.92 bits per heavy atom. The fourth-order valence-corrected chi connectivity index (χ4v) is 4.17. The van der Waals surface area contributed by atoms with E-state index in [0.717, 1.165) is 13.0 Å². The summed E-state index contributed by atoms with van der Waals surface area (Å²) in [6.07, 6.45) is -9.52. The molecule has 1 aromatic carbocycles. The molecular weight excluding hydrogens is 537 g/mol. The van der Waals surface area contributed by atoms with E-state index in [2.05, 4.69) is 10.3 Å². The number of aryl methyl sites for hydroxylation is 1. The van der Waals surface area contributed by atoms with Gasteiger partial charge in [0.2, 0.25) is 17.9 Å². The van der Waals surface area contributed by atoms with Crippen LogP contribution in [-0.4, -0.2) is 87.2 Å². The largest absolute Gasteiger partial charge is 0.476 e. The minimum Gasteiger partial charge on any atom is -0.476 e. The number of nitrogens with one attached hydrogen (secondary N) is 1. The number of carbonyl (C=O) groups is 2. The molecule has 1 aliphatic rings. The molecule has 14 nitrogen and oxygen atoms in total. The number of benzene rings is 1. The number of nitrogens with two attached hydrogens (primary N) is 2. The lowest BCUT2D eigenvalue weighted by Gasteiger charge is -2.48. The van der Waals surface area contributed by atoms with Crippen LogP contribution in [0.2, 0.25) is 0 Å². The Morgan fingerprint density at radius 1 is 1.28 bits per heavy atom. The number of aliphatic hydroxyl groups excluding tert-OH is 3. The zero-order valence-corrected chi connectivity index (χ0v) is 20.3. The highest BCUT2D eigenvalue weighted by molar-refractivity contribution is 5.83. The number of carboxylic acids is 1. The second-order valence-corrected chi connectivity index (χ2v) is 8.70. The third-order valence-corrected chi connectivity index (χ3v) is 5.93. The van der Waals surface area contributed by atoms with Crippen molar-refractivity contribution in [2.45, 2.75) is 56.2 Å². The molecule has 17 heteroatoms. The average Bonchev–Trinajstić information content (AvgIpc) is 2.84. The molecule has 0 radical (unpaired) electrons. The lowest BCUT2D eigenvalue weighted by Crippen LogP contribution is -2.74. The second-order valence-electron chi connectivity index (χ2n) is 8.70. The molecule has 214 valence electrons. The van der Waals surface area contributed by atoms with E-state index >= 15 is 13.2 Å². The molecule has 0 bridgehead atoms. The third-order valence-electron chi connectivity index (χ3n) is 5.93. The molecule has 1 aliphatic heterocycles. The first-order valence-corrected chi connectivity index (χ1v) is 11.1. The molecular formula is C22H25F3N4O10. The second kappa shape index (κ2) is 11.0. The van der Waals surface area contributed by atoms with Crippen LogP contribution in [0.1, 0.15) is 12.5 Å². The van der Waals surface area contributed by atoms with Gasteiger partial charge in [-0.3, -0.25) is 4.79 Å². The van der Waals surface area contributed by atoms with Gasteiger partial charge in [-0.15, -0.1) is 0 Å². The average molecular weight is 562 g/mol. The van der Waals surface area contributed by atoms with E-state index in [-0.39, 0.29) is 10.9 Å². The number of aliphatic carboxylic acids is 1. The standard InChI is InChI=1S/C22H25F3N4O10/c1-6-3-11(33)37-16-8(6)4-9(23)17(12(16)24)38-22(20(35)36)19(25)14(29-21(26)27)13(28-7(2)31)18(39-22)15(34)10(32)5-30/h3-4,10,13-15,18-19,30,32,34H,5H2,1-2H3,(H,28,31)(H,35,36)(H4,26,27,29)/t10-,13-,14-,15-,18-,19?,22-/m1/s1. The quantitative estimate of drug-likeness (QED) is 0.106. The Balaban J connectivity index is 2.28. The van der Waals surface area contributed by atoms with Gasteiger partial charge in [0, 0.05) is 18.4 Å². The summed E-state index contributed by atoms with van der Waals surface area (Å²) >= 11 is 0. The summed E-state index contributed by atoms with van der Waals surface area (Å²) in [6.45, 7) is 1.17. The van der Waals surface area contributed by atoms with Gasteiger partial charge in [0.25, 0.3) is 0 Å². The number of rotatable bonds is 8. The van der Waals surface area contributed by atoms with Gasteiger partial charge in [-0.05, 0) is 18.6 Å². The van der Waals surface area contributed by atoms with Crippen LogP contribution in [0, 0.1) is 18.6 Å². The maximum Gasteiger partial charge on any atom is 0.380 e. The molecule has 7 atom stereocenters. The summed E-state index contributed by atoms with van der Waals surface area (Å²) in [5.74, 6) is -12.6. The van der Waals surface area contributed by atoms with E-state index in [1.54, 1.807) is 0 Å². The van der Waals surface area contributed by atoms with Gasteiger partial charge < -0.3 is 51.1 Å². The van der Waals surface area contributed by atoms with Crippen molar-refractivity contribution in [1.29, 1.82) is 0 Å². The van der Waals surface area contributed by atoms with Crippen molar-refractivity contribution in [3.63, 3.8) is 0 Å². The number of aliphatic imine (C=N–C) groups is 1. The van der Waals surface area contributed by atoms with E-state index in [1.165, 1.54) is 6.92 Å². The van der Waals surface area contributed by atoms with Crippen LogP contribution in [0.3, 0.4) is 0 Å². The predicted molar refractivity (Wildman–Crippen MR) is 124 cm³/mol. The highest BCUT2D eigenvalue weighted by Gasteiger charge is 2.65. The first-order chi connectivity index (χ1) is 18.1. The Labute approximate surface area is 216 Å². The Morgan fingerprint density at radius 3 is 2.46 bits per heavy atom. The van der Waals surface area contributed by atoms with Crippen LogP contribution in [0.4, 0.5) is 13.2 Å². The predicted octanol–water partition coefficient (Wildman–Crippen LogP) is -1.86. The minimum absolute atomic E-state index is 0.0861. The van der Waals surface area contributed by atoms with Gasteiger partial charge in [0.15, 0.2) is 23.1 Å². The molecule has 1 fully saturated rings. The summed E-state index contributed by atoms with van der Waals surface area (Å²) in [5, 5.41) is 41.8. The number of halogens is 3. The number of carbonyl (C=O) groups excluding carboxylic acids is 1. The first-order valence-electron chi connectivity index (χ1n) is 11.1. The number of hydrogen-bond acceptors (Lipinski definition) is 10. The van der Waals surface area contributed by atoms with Crippen LogP contribution in [0.5, 0.6) is 5.75 Å². The summed E-state index contributed by atoms with van der Waals surface area (Å²) in [5.41, 5.74) is 8.88. The lowest BCUT2D eigenvalue weighted by molar-refractivity contribution is -0.294. The van der Waals surface area contributed by atoms with Gasteiger partial charge in [-0.25, -0.2) is 23.4 Å². The highest BCUT2D eigenvalue weighted by Crippen LogP contribution is 2.41. The van der Waals surface area contributed by atoms with Crippen molar-refractivity contribution in [3.8, 4) is 5.75 Å². The number of carboxylic acid groups (broad SMARTS) is 1. The number of fused-ring (bicyclic) bond motifs is 1. The molecule has 1 aromatic heterocycles. The number of amides is 1. The van der Waals surface area contributed by atoms with E-state index < -0.39 is 95.4 Å². The summed E-state index contributed by atoms with van der Waals surface area (Å²) in [4.78, 5) is 39.6. The Hall–Kier alpha value is -3.93. The number of guanidine groups is 1. The fraction of sp³-hybridized carbons (Fsp3) is 0.455. The minimum atomic E-state index is -3.74. The van der Waals surface area contributed by atoms with E-state index in [9.17, 15) is 34.8 Å².